The molecule has 0 aliphatic carbocycles. The van der Waals surface area contributed by atoms with Gasteiger partial charge in [-0.25, -0.2) is 0 Å². The van der Waals surface area contributed by atoms with Crippen LogP contribution in [0.5, 0.6) is 0 Å². The molecule has 0 saturated heterocycles. The molecule has 0 aliphatic rings. The van der Waals surface area contributed by atoms with Crippen LogP contribution in [0.4, 0.5) is 0 Å². The van der Waals surface area contributed by atoms with E-state index < -0.39 is 0 Å². The van der Waals surface area contributed by atoms with Gasteiger partial charge in [0.05, 0.1) is 0 Å². The lowest BCUT2D eigenvalue weighted by molar-refractivity contribution is 0.296. The van der Waals surface area contributed by atoms with Gasteiger partial charge in [0, 0.05) is 31.4 Å². The largest absolute Gasteiger partial charge is 0.330 e. The first-order valence-electron chi connectivity index (χ1n) is 7.69. The van der Waals surface area contributed by atoms with Crippen LogP contribution in [0.2, 0.25) is 0 Å². The maximum atomic E-state index is 5.96. The van der Waals surface area contributed by atoms with Gasteiger partial charge in [0.25, 0.3) is 0 Å². The summed E-state index contributed by atoms with van der Waals surface area (Å²) in [7, 11) is 0. The maximum Gasteiger partial charge on any atom is 0.0306 e. The molecular weight excluding hydrogens is 258 g/mol. The molecule has 1 atom stereocenters. The van der Waals surface area contributed by atoms with E-state index >= 15 is 0 Å². The third-order valence-electron chi connectivity index (χ3n) is 4.01. The Bertz CT molecular complexity index is 518. The first-order valence-corrected chi connectivity index (χ1v) is 7.69. The third kappa shape index (κ3) is 4.13. The normalized spacial score (nSPS) is 12.6. The number of benzene rings is 1. The topological polar surface area (TPSA) is 42.1 Å². The lowest BCUT2D eigenvalue weighted by Gasteiger charge is -2.19. The summed E-state index contributed by atoms with van der Waals surface area (Å²) in [6.07, 6.45) is 3.70. The third-order valence-corrected chi connectivity index (χ3v) is 4.01. The molecule has 3 nitrogen and oxygen atoms in total. The van der Waals surface area contributed by atoms with Gasteiger partial charge >= 0.3 is 0 Å². The van der Waals surface area contributed by atoms with Gasteiger partial charge in [-0.2, -0.15) is 0 Å². The van der Waals surface area contributed by atoms with E-state index in [1.807, 2.05) is 12.3 Å². The van der Waals surface area contributed by atoms with E-state index in [4.69, 9.17) is 5.73 Å². The van der Waals surface area contributed by atoms with Gasteiger partial charge < -0.3 is 5.73 Å². The summed E-state index contributed by atoms with van der Waals surface area (Å²) >= 11 is 0. The second kappa shape index (κ2) is 7.91. The van der Waals surface area contributed by atoms with Crippen LogP contribution in [0.15, 0.2) is 48.8 Å². The molecule has 0 bridgehead atoms. The first-order chi connectivity index (χ1) is 10.3. The van der Waals surface area contributed by atoms with E-state index in [-0.39, 0.29) is 5.92 Å². The molecule has 21 heavy (non-hydrogen) atoms. The zero-order chi connectivity index (χ0) is 15.1. The van der Waals surface area contributed by atoms with Crippen molar-refractivity contribution in [2.75, 3.05) is 19.6 Å². The Hall–Kier alpha value is -1.71. The van der Waals surface area contributed by atoms with E-state index in [0.717, 1.165) is 19.6 Å². The van der Waals surface area contributed by atoms with E-state index in [0.29, 0.717) is 6.54 Å². The second-order valence-corrected chi connectivity index (χ2v) is 5.28. The van der Waals surface area contributed by atoms with Gasteiger partial charge in [-0.15, -0.1) is 0 Å². The van der Waals surface area contributed by atoms with Gasteiger partial charge in [-0.1, -0.05) is 44.2 Å². The highest BCUT2D eigenvalue weighted by molar-refractivity contribution is 5.33. The molecule has 3 heteroatoms. The minimum atomic E-state index is 0.223. The molecule has 0 radical (unpaired) electrons. The Balaban J connectivity index is 2.14. The van der Waals surface area contributed by atoms with Gasteiger partial charge in [0.2, 0.25) is 0 Å². The summed E-state index contributed by atoms with van der Waals surface area (Å²) in [6, 6.07) is 12.9. The number of nitrogens with two attached hydrogens (primary N) is 1. The molecule has 2 aromatic rings. The molecule has 0 spiro atoms. The molecule has 0 aliphatic heterocycles. The van der Waals surface area contributed by atoms with Crippen LogP contribution in [0.1, 0.15) is 36.5 Å². The van der Waals surface area contributed by atoms with Gasteiger partial charge in [0.15, 0.2) is 0 Å². The zero-order valence-corrected chi connectivity index (χ0v) is 13.0. The summed E-state index contributed by atoms with van der Waals surface area (Å²) in [5, 5.41) is 0. The Kier molecular flexibility index (Phi) is 5.90. The fourth-order valence-electron chi connectivity index (χ4n) is 2.61. The van der Waals surface area contributed by atoms with Crippen LogP contribution in [-0.4, -0.2) is 29.5 Å². The summed E-state index contributed by atoms with van der Waals surface area (Å²) in [4.78, 5) is 6.61. The highest BCUT2D eigenvalue weighted by Crippen LogP contribution is 2.23. The predicted octanol–water partition coefficient (Wildman–Crippen LogP) is 3.01. The van der Waals surface area contributed by atoms with Crippen LogP contribution >= 0.6 is 0 Å². The lowest BCUT2D eigenvalue weighted by Crippen LogP contribution is -2.22. The maximum absolute atomic E-state index is 5.96. The van der Waals surface area contributed by atoms with Crippen molar-refractivity contribution in [3.05, 3.63) is 65.5 Å². The number of hydrogen-bond acceptors (Lipinski definition) is 3. The molecule has 1 aromatic carbocycles. The minimum Gasteiger partial charge on any atom is -0.330 e. The molecule has 0 saturated carbocycles. The van der Waals surface area contributed by atoms with Crippen molar-refractivity contribution >= 4 is 0 Å². The highest BCUT2D eigenvalue weighted by atomic mass is 15.1. The molecule has 0 amide bonds. The second-order valence-electron chi connectivity index (χ2n) is 5.28. The molecule has 0 fully saturated rings. The molecule has 1 heterocycles. The minimum absolute atomic E-state index is 0.223. The van der Waals surface area contributed by atoms with Crippen LogP contribution in [0.25, 0.3) is 0 Å². The fraction of sp³-hybridized carbons (Fsp3) is 0.389. The van der Waals surface area contributed by atoms with Crippen molar-refractivity contribution in [3.8, 4) is 0 Å². The zero-order valence-electron chi connectivity index (χ0n) is 13.0. The van der Waals surface area contributed by atoms with Gasteiger partial charge in [-0.05, 0) is 35.8 Å². The van der Waals surface area contributed by atoms with Crippen molar-refractivity contribution in [2.24, 2.45) is 5.73 Å². The highest BCUT2D eigenvalue weighted by Gasteiger charge is 2.12. The number of nitrogens with zero attached hydrogens (tertiary/aromatic N) is 2. The quantitative estimate of drug-likeness (QED) is 0.849. The molecule has 1 aromatic heterocycles. The van der Waals surface area contributed by atoms with Crippen molar-refractivity contribution < 1.29 is 0 Å². The van der Waals surface area contributed by atoms with Crippen molar-refractivity contribution in [2.45, 2.75) is 26.3 Å². The van der Waals surface area contributed by atoms with Gasteiger partial charge in [-0.3, -0.25) is 9.88 Å². The Morgan fingerprint density at radius 1 is 1.05 bits per heavy atom. The summed E-state index contributed by atoms with van der Waals surface area (Å²) in [5.74, 6) is 0.223. The Morgan fingerprint density at radius 2 is 1.76 bits per heavy atom. The van der Waals surface area contributed by atoms with Gasteiger partial charge in [0.1, 0.15) is 0 Å². The van der Waals surface area contributed by atoms with E-state index in [2.05, 4.69) is 54.1 Å². The van der Waals surface area contributed by atoms with Crippen LogP contribution in [0, 0.1) is 0 Å². The molecule has 112 valence electrons. The average Bonchev–Trinajstić information content (AvgIpc) is 2.55. The molecular formula is C18H25N3. The average molecular weight is 283 g/mol. The van der Waals surface area contributed by atoms with Crippen LogP contribution in [0.3, 0.4) is 0 Å². The molecule has 1 unspecified atom stereocenters. The van der Waals surface area contributed by atoms with Crippen molar-refractivity contribution in [1.82, 2.24) is 9.88 Å². The van der Waals surface area contributed by atoms with E-state index in [9.17, 15) is 0 Å². The summed E-state index contributed by atoms with van der Waals surface area (Å²) in [5.41, 5.74) is 9.75. The van der Waals surface area contributed by atoms with Crippen LogP contribution < -0.4 is 5.73 Å². The number of hydrogen-bond donors (Lipinski definition) is 1. The van der Waals surface area contributed by atoms with Crippen LogP contribution in [-0.2, 0) is 6.54 Å². The Morgan fingerprint density at radius 3 is 2.29 bits per heavy atom. The Labute approximate surface area is 127 Å². The SMILES string of the molecule is CCN(CC)Cc1ccc(C(CN)c2cccnc2)cc1. The number of aromatic nitrogens is 1. The summed E-state index contributed by atoms with van der Waals surface area (Å²) < 4.78 is 0. The fourth-order valence-corrected chi connectivity index (χ4v) is 2.61. The lowest BCUT2D eigenvalue weighted by atomic mass is 9.92. The van der Waals surface area contributed by atoms with Crippen molar-refractivity contribution in [1.29, 1.82) is 0 Å². The number of pyridine rings is 1. The molecule has 2 N–H and O–H groups in total. The predicted molar refractivity (Wildman–Crippen MR) is 88.2 cm³/mol. The molecule has 2 rings (SSSR count). The standard InChI is InChI=1S/C18H25N3/c1-3-21(4-2)14-15-7-9-16(10-8-15)18(12-19)17-6-5-11-20-13-17/h5-11,13,18H,3-4,12,14,19H2,1-2H3. The first kappa shape index (κ1) is 15.7. The van der Waals surface area contributed by atoms with E-state index in [1.165, 1.54) is 16.7 Å². The monoisotopic (exact) mass is 283 g/mol. The summed E-state index contributed by atoms with van der Waals surface area (Å²) in [6.45, 7) is 8.17. The van der Waals surface area contributed by atoms with E-state index in [1.54, 1.807) is 6.20 Å². The van der Waals surface area contributed by atoms with Crippen molar-refractivity contribution in [3.63, 3.8) is 0 Å². The smallest absolute Gasteiger partial charge is 0.0306 e. The number of rotatable bonds is 7.